The Bertz CT molecular complexity index is 492. The van der Waals surface area contributed by atoms with Crippen LogP contribution < -0.4 is 0 Å². The summed E-state index contributed by atoms with van der Waals surface area (Å²) < 4.78 is 4.25. The smallest absolute Gasteiger partial charge is 0.338 e. The maximum absolute atomic E-state index is 11.0. The fourth-order valence-corrected chi connectivity index (χ4v) is 1.08. The van der Waals surface area contributed by atoms with Gasteiger partial charge in [-0.25, -0.2) is 4.79 Å². The fraction of sp³-hybridized carbons (Fsp3) is 0.0909. The van der Waals surface area contributed by atoms with E-state index in [4.69, 9.17) is 0 Å². The minimum atomic E-state index is -0.816. The molecule has 6 nitrogen and oxygen atoms in total. The summed E-state index contributed by atoms with van der Waals surface area (Å²) in [6.45, 7) is 1.11. The zero-order valence-electron chi connectivity index (χ0n) is 8.95. The normalized spacial score (nSPS) is 10.2. The standard InChI is InChI=1S/C11H9NO5/c1-8(13)17-11(14)6-5-9-3-2-4-10(7-9)12(15)16/h2-7H,1H3/b6-5+. The van der Waals surface area contributed by atoms with Gasteiger partial charge in [0.15, 0.2) is 0 Å². The average molecular weight is 235 g/mol. The van der Waals surface area contributed by atoms with E-state index in [0.29, 0.717) is 5.56 Å². The molecule has 88 valence electrons. The monoisotopic (exact) mass is 235 g/mol. The SMILES string of the molecule is CC(=O)OC(=O)/C=C/c1cccc([N+](=O)[O-])c1. The summed E-state index contributed by atoms with van der Waals surface area (Å²) >= 11 is 0. The van der Waals surface area contributed by atoms with Crippen LogP contribution in [0, 0.1) is 10.1 Å². The van der Waals surface area contributed by atoms with Crippen LogP contribution in [0.5, 0.6) is 0 Å². The molecule has 0 aliphatic heterocycles. The molecule has 0 N–H and O–H groups in total. The number of ether oxygens (including phenoxy) is 1. The molecule has 0 aliphatic rings. The van der Waals surface area contributed by atoms with E-state index in [2.05, 4.69) is 4.74 Å². The van der Waals surface area contributed by atoms with Gasteiger partial charge in [-0.15, -0.1) is 0 Å². The van der Waals surface area contributed by atoms with Gasteiger partial charge in [-0.2, -0.15) is 0 Å². The van der Waals surface area contributed by atoms with Crippen LogP contribution in [0.4, 0.5) is 5.69 Å². The molecular weight excluding hydrogens is 226 g/mol. The van der Waals surface area contributed by atoms with Gasteiger partial charge >= 0.3 is 11.9 Å². The van der Waals surface area contributed by atoms with Crippen LogP contribution in [0.2, 0.25) is 0 Å². The molecule has 1 rings (SSSR count). The number of carbonyl (C=O) groups is 2. The third kappa shape index (κ3) is 4.25. The Labute approximate surface area is 96.7 Å². The number of hydrogen-bond acceptors (Lipinski definition) is 5. The van der Waals surface area contributed by atoms with Crippen LogP contribution in [0.15, 0.2) is 30.3 Å². The minimum absolute atomic E-state index is 0.0768. The average Bonchev–Trinajstić information content (AvgIpc) is 2.26. The third-order valence-corrected chi connectivity index (χ3v) is 1.74. The first-order valence-electron chi connectivity index (χ1n) is 4.64. The summed E-state index contributed by atoms with van der Waals surface area (Å²) in [7, 11) is 0. The molecule has 0 aliphatic carbocycles. The summed E-state index contributed by atoms with van der Waals surface area (Å²) in [6.07, 6.45) is 2.36. The van der Waals surface area contributed by atoms with Crippen LogP contribution in [0.3, 0.4) is 0 Å². The first-order chi connectivity index (χ1) is 7.99. The number of carbonyl (C=O) groups excluding carboxylic acids is 2. The maximum atomic E-state index is 11.0. The van der Waals surface area contributed by atoms with E-state index >= 15 is 0 Å². The second-order valence-corrected chi connectivity index (χ2v) is 3.10. The van der Waals surface area contributed by atoms with Gasteiger partial charge in [-0.05, 0) is 11.6 Å². The molecule has 0 fully saturated rings. The number of hydrogen-bond donors (Lipinski definition) is 0. The van der Waals surface area contributed by atoms with Crippen LogP contribution in [0.1, 0.15) is 12.5 Å². The molecule has 0 atom stereocenters. The van der Waals surface area contributed by atoms with Crippen molar-refractivity contribution in [2.45, 2.75) is 6.92 Å². The molecule has 0 heterocycles. The van der Waals surface area contributed by atoms with E-state index in [1.165, 1.54) is 24.3 Å². The van der Waals surface area contributed by atoms with E-state index in [1.54, 1.807) is 6.07 Å². The quantitative estimate of drug-likeness (QED) is 0.261. The molecular formula is C11H9NO5. The highest BCUT2D eigenvalue weighted by molar-refractivity contribution is 5.94. The Kier molecular flexibility index (Phi) is 4.10. The number of nitro groups is 1. The van der Waals surface area contributed by atoms with E-state index in [0.717, 1.165) is 13.0 Å². The zero-order chi connectivity index (χ0) is 12.8. The van der Waals surface area contributed by atoms with Crippen molar-refractivity contribution in [2.24, 2.45) is 0 Å². The van der Waals surface area contributed by atoms with E-state index < -0.39 is 16.9 Å². The van der Waals surface area contributed by atoms with Crippen LogP contribution >= 0.6 is 0 Å². The number of benzene rings is 1. The Hall–Kier alpha value is -2.50. The highest BCUT2D eigenvalue weighted by Gasteiger charge is 2.04. The van der Waals surface area contributed by atoms with Gasteiger partial charge in [0.1, 0.15) is 0 Å². The molecule has 0 aromatic heterocycles. The summed E-state index contributed by atoms with van der Waals surface area (Å²) in [6, 6.07) is 5.72. The van der Waals surface area contributed by atoms with Gasteiger partial charge in [0.25, 0.3) is 5.69 Å². The van der Waals surface area contributed by atoms with Crippen molar-refractivity contribution in [1.82, 2.24) is 0 Å². The predicted octanol–water partition coefficient (Wildman–Crippen LogP) is 1.70. The van der Waals surface area contributed by atoms with Crippen molar-refractivity contribution < 1.29 is 19.2 Å². The second-order valence-electron chi connectivity index (χ2n) is 3.10. The molecule has 6 heteroatoms. The van der Waals surface area contributed by atoms with Crippen molar-refractivity contribution in [1.29, 1.82) is 0 Å². The lowest BCUT2D eigenvalue weighted by atomic mass is 10.2. The lowest BCUT2D eigenvalue weighted by Gasteiger charge is -1.95. The van der Waals surface area contributed by atoms with E-state index in [1.807, 2.05) is 0 Å². The number of rotatable bonds is 3. The Balaban J connectivity index is 2.78. The van der Waals surface area contributed by atoms with Crippen molar-refractivity contribution in [3.05, 3.63) is 46.0 Å². The van der Waals surface area contributed by atoms with Gasteiger partial charge in [0.2, 0.25) is 0 Å². The topological polar surface area (TPSA) is 86.5 Å². The number of esters is 2. The molecule has 0 spiro atoms. The highest BCUT2D eigenvalue weighted by atomic mass is 16.6. The number of nitrogens with zero attached hydrogens (tertiary/aromatic N) is 1. The largest absolute Gasteiger partial charge is 0.390 e. The van der Waals surface area contributed by atoms with Crippen molar-refractivity contribution in [3.63, 3.8) is 0 Å². The van der Waals surface area contributed by atoms with Crippen molar-refractivity contribution in [3.8, 4) is 0 Å². The molecule has 0 saturated carbocycles. The Morgan fingerprint density at radius 1 is 1.41 bits per heavy atom. The van der Waals surface area contributed by atoms with Crippen LogP contribution in [0.25, 0.3) is 6.08 Å². The third-order valence-electron chi connectivity index (χ3n) is 1.74. The van der Waals surface area contributed by atoms with Crippen LogP contribution in [-0.2, 0) is 14.3 Å². The van der Waals surface area contributed by atoms with Gasteiger partial charge in [-0.1, -0.05) is 12.1 Å². The van der Waals surface area contributed by atoms with E-state index in [-0.39, 0.29) is 5.69 Å². The summed E-state index contributed by atoms with van der Waals surface area (Å²) in [5.41, 5.74) is 0.395. The van der Waals surface area contributed by atoms with Gasteiger partial charge in [-0.3, -0.25) is 14.9 Å². The molecule has 0 saturated heterocycles. The summed E-state index contributed by atoms with van der Waals surface area (Å²) in [4.78, 5) is 31.4. The first kappa shape index (κ1) is 12.6. The van der Waals surface area contributed by atoms with Gasteiger partial charge in [0.05, 0.1) is 4.92 Å². The molecule has 0 bridgehead atoms. The summed E-state index contributed by atoms with van der Waals surface area (Å²) in [5.74, 6) is -1.53. The van der Waals surface area contributed by atoms with Gasteiger partial charge < -0.3 is 4.74 Å². The molecule has 0 radical (unpaired) electrons. The summed E-state index contributed by atoms with van der Waals surface area (Å²) in [5, 5.41) is 10.5. The minimum Gasteiger partial charge on any atom is -0.390 e. The van der Waals surface area contributed by atoms with Crippen molar-refractivity contribution >= 4 is 23.7 Å². The molecule has 0 unspecified atom stereocenters. The number of non-ortho nitro benzene ring substituents is 1. The molecule has 1 aromatic carbocycles. The highest BCUT2D eigenvalue weighted by Crippen LogP contribution is 2.14. The van der Waals surface area contributed by atoms with E-state index in [9.17, 15) is 19.7 Å². The molecule has 17 heavy (non-hydrogen) atoms. The molecule has 0 amide bonds. The fourth-order valence-electron chi connectivity index (χ4n) is 1.08. The second kappa shape index (κ2) is 5.55. The first-order valence-corrected chi connectivity index (χ1v) is 4.64. The zero-order valence-corrected chi connectivity index (χ0v) is 8.95. The van der Waals surface area contributed by atoms with Crippen molar-refractivity contribution in [2.75, 3.05) is 0 Å². The van der Waals surface area contributed by atoms with Gasteiger partial charge in [0, 0.05) is 25.1 Å². The Morgan fingerprint density at radius 2 is 2.12 bits per heavy atom. The lowest BCUT2D eigenvalue weighted by Crippen LogP contribution is -2.05. The predicted molar refractivity (Wildman–Crippen MR) is 58.9 cm³/mol. The maximum Gasteiger partial charge on any atom is 0.338 e. The molecule has 1 aromatic rings. The number of nitro benzene ring substituents is 1. The Morgan fingerprint density at radius 3 is 2.71 bits per heavy atom. The lowest BCUT2D eigenvalue weighted by molar-refractivity contribution is -0.384. The van der Waals surface area contributed by atoms with Crippen LogP contribution in [-0.4, -0.2) is 16.9 Å².